The Bertz CT molecular complexity index is 1520. The maximum absolute atomic E-state index is 14.8. The highest BCUT2D eigenvalue weighted by Gasteiger charge is 2.34. The van der Waals surface area contributed by atoms with Crippen LogP contribution in [0.25, 0.3) is 11.4 Å². The predicted octanol–water partition coefficient (Wildman–Crippen LogP) is 1.54. The summed E-state index contributed by atoms with van der Waals surface area (Å²) >= 11 is 0. The van der Waals surface area contributed by atoms with E-state index in [2.05, 4.69) is 26.3 Å². The summed E-state index contributed by atoms with van der Waals surface area (Å²) in [5, 5.41) is 22.4. The van der Waals surface area contributed by atoms with Crippen molar-refractivity contribution >= 4 is 29.1 Å². The van der Waals surface area contributed by atoms with Gasteiger partial charge in [-0.15, -0.1) is 0 Å². The normalized spacial score (nSPS) is 21.0. The second-order valence-corrected chi connectivity index (χ2v) is 10.3. The molecule has 0 spiro atoms. The highest BCUT2D eigenvalue weighted by atomic mass is 19.1. The molecule has 2 saturated heterocycles. The lowest BCUT2D eigenvalue weighted by atomic mass is 10.0. The van der Waals surface area contributed by atoms with Gasteiger partial charge in [0.2, 0.25) is 11.9 Å². The lowest BCUT2D eigenvalue weighted by molar-refractivity contribution is -0.143. The molecule has 4 N–H and O–H groups in total. The van der Waals surface area contributed by atoms with E-state index in [0.717, 1.165) is 11.4 Å². The molecule has 1 aromatic heterocycles. The van der Waals surface area contributed by atoms with Crippen molar-refractivity contribution in [3.63, 3.8) is 0 Å². The van der Waals surface area contributed by atoms with Crippen molar-refractivity contribution in [1.29, 1.82) is 5.26 Å². The van der Waals surface area contributed by atoms with Gasteiger partial charge in [0.25, 0.3) is 5.91 Å². The first-order chi connectivity index (χ1) is 20.7. The monoisotopic (exact) mass is 590 g/mol. The number of nitrogens with two attached hydrogens (primary N) is 1. The molecule has 2 aliphatic heterocycles. The molecule has 0 aliphatic carbocycles. The fourth-order valence-electron chi connectivity index (χ4n) is 4.94. The molecule has 3 aromatic rings. The number of morpholine rings is 1. The predicted molar refractivity (Wildman–Crippen MR) is 153 cm³/mol. The number of nitrogens with zero attached hydrogens (tertiary/aromatic N) is 6. The number of nitriles is 1. The summed E-state index contributed by atoms with van der Waals surface area (Å²) in [5.41, 5.74) is 7.75. The Balaban J connectivity index is 1.24. The Morgan fingerprint density at radius 2 is 2.00 bits per heavy atom. The van der Waals surface area contributed by atoms with Gasteiger partial charge < -0.3 is 35.4 Å². The van der Waals surface area contributed by atoms with Crippen molar-refractivity contribution in [2.45, 2.75) is 37.8 Å². The number of halogens is 1. The first-order valence-electron chi connectivity index (χ1n) is 13.8. The molecule has 5 rings (SSSR count). The van der Waals surface area contributed by atoms with Crippen LogP contribution in [0, 0.1) is 11.3 Å². The zero-order valence-corrected chi connectivity index (χ0v) is 23.4. The average Bonchev–Trinajstić information content (AvgIpc) is 3.02. The molecule has 4 atom stereocenters. The number of carbonyl (C=O) groups is 2. The summed E-state index contributed by atoms with van der Waals surface area (Å²) in [6, 6.07) is 14.4. The number of aliphatic hydroxyl groups is 1. The van der Waals surface area contributed by atoms with E-state index in [-0.39, 0.29) is 36.8 Å². The fraction of sp³-hybridized carbons (Fsp3) is 0.379. The zero-order chi connectivity index (χ0) is 30.5. The Morgan fingerprint density at radius 3 is 2.70 bits per heavy atom. The summed E-state index contributed by atoms with van der Waals surface area (Å²) in [4.78, 5) is 39.7. The number of benzene rings is 2. The maximum Gasteiger partial charge on any atom is 0.251 e. The largest absolute Gasteiger partial charge is 0.486 e. The van der Waals surface area contributed by atoms with Crippen LogP contribution in [0.4, 0.5) is 21.7 Å². The van der Waals surface area contributed by atoms with E-state index in [1.165, 1.54) is 18.2 Å². The van der Waals surface area contributed by atoms with Gasteiger partial charge >= 0.3 is 0 Å². The molecule has 0 bridgehead atoms. The van der Waals surface area contributed by atoms with Gasteiger partial charge in [0.1, 0.15) is 30.4 Å². The van der Waals surface area contributed by atoms with Gasteiger partial charge in [0.05, 0.1) is 25.3 Å². The number of primary amides is 1. The quantitative estimate of drug-likeness (QED) is 0.346. The van der Waals surface area contributed by atoms with Crippen molar-refractivity contribution in [3.05, 3.63) is 54.4 Å². The van der Waals surface area contributed by atoms with Crippen LogP contribution >= 0.6 is 0 Å². The van der Waals surface area contributed by atoms with Crippen LogP contribution in [0.5, 0.6) is 5.75 Å². The third-order valence-corrected chi connectivity index (χ3v) is 7.23. The van der Waals surface area contributed by atoms with Crippen LogP contribution in [0.2, 0.25) is 0 Å². The Kier molecular flexibility index (Phi) is 8.93. The number of alkyl halides is 1. The third kappa shape index (κ3) is 6.96. The Labute approximate surface area is 247 Å². The number of ether oxygens (including phenoxy) is 2. The minimum absolute atomic E-state index is 0.180. The molecule has 0 saturated carbocycles. The maximum atomic E-state index is 14.8. The molecular formula is C29H31FN8O5. The number of aromatic nitrogens is 3. The van der Waals surface area contributed by atoms with Gasteiger partial charge in [0.15, 0.2) is 18.1 Å². The molecule has 0 unspecified atom stereocenters. The minimum Gasteiger partial charge on any atom is -0.486 e. The first kappa shape index (κ1) is 29.6. The number of anilines is 3. The topological polar surface area (TPSA) is 180 Å². The van der Waals surface area contributed by atoms with Gasteiger partial charge in [-0.25, -0.2) is 14.4 Å². The number of aliphatic hydroxyl groups excluding tert-OH is 1. The van der Waals surface area contributed by atoms with Crippen LogP contribution in [0.1, 0.15) is 18.9 Å². The average molecular weight is 591 g/mol. The highest BCUT2D eigenvalue weighted by Crippen LogP contribution is 2.29. The standard InChI is InChI=1S/C29H31FN8O5/c1-17(39)28(41)38-9-8-24(22(30)14-38)43-23-7-2-18(12-19(23)13-31)27-33-16-34-29(36-27)35-20-3-5-21(6-4-20)37-10-11-42-25(15-37)26(32)40/h2-7,12,16-17,22,24-25,39H,8-11,14-15H2,1H3,(H2,32,40)(H,33,34,35,36)/t17-,22-,24-,25-/m0/s1. The Hall–Kier alpha value is -4.87. The molecule has 3 heterocycles. The molecule has 13 nitrogen and oxygen atoms in total. The molecule has 14 heteroatoms. The molecule has 2 aliphatic rings. The molecule has 224 valence electrons. The van der Waals surface area contributed by atoms with Crippen LogP contribution in [-0.2, 0) is 14.3 Å². The first-order valence-corrected chi connectivity index (χ1v) is 13.8. The molecule has 2 aromatic carbocycles. The SMILES string of the molecule is C[C@H](O)C(=O)N1CC[C@H](Oc2ccc(-c3ncnc(Nc4ccc(N5CCO[C@H](C(N)=O)C5)cc4)n3)cc2C#N)[C@@H](F)C1. The minimum atomic E-state index is -1.48. The lowest BCUT2D eigenvalue weighted by Crippen LogP contribution is -2.51. The van der Waals surface area contributed by atoms with Gasteiger partial charge in [0, 0.05) is 36.4 Å². The van der Waals surface area contributed by atoms with E-state index < -0.39 is 36.3 Å². The third-order valence-electron chi connectivity index (χ3n) is 7.23. The number of amides is 2. The van der Waals surface area contributed by atoms with Crippen LogP contribution in [0.15, 0.2) is 48.8 Å². The van der Waals surface area contributed by atoms with Crippen molar-refractivity contribution < 1.29 is 28.6 Å². The number of piperidine rings is 1. The Morgan fingerprint density at radius 1 is 1.21 bits per heavy atom. The summed E-state index contributed by atoms with van der Waals surface area (Å²) in [5.74, 6) is -0.204. The summed E-state index contributed by atoms with van der Waals surface area (Å²) < 4.78 is 26.1. The van der Waals surface area contributed by atoms with Crippen LogP contribution in [0.3, 0.4) is 0 Å². The lowest BCUT2D eigenvalue weighted by Gasteiger charge is -2.35. The molecule has 2 amide bonds. The zero-order valence-electron chi connectivity index (χ0n) is 23.4. The van der Waals surface area contributed by atoms with E-state index in [9.17, 15) is 24.3 Å². The van der Waals surface area contributed by atoms with E-state index in [1.807, 2.05) is 29.2 Å². The molecular weight excluding hydrogens is 559 g/mol. The number of nitrogens with one attached hydrogen (secondary N) is 1. The van der Waals surface area contributed by atoms with Gasteiger partial charge in [-0.1, -0.05) is 0 Å². The number of rotatable bonds is 8. The van der Waals surface area contributed by atoms with Crippen molar-refractivity contribution in [1.82, 2.24) is 19.9 Å². The molecule has 43 heavy (non-hydrogen) atoms. The van der Waals surface area contributed by atoms with Crippen LogP contribution in [-0.4, -0.2) is 94.0 Å². The number of likely N-dealkylation sites (tertiary alicyclic amines) is 1. The second kappa shape index (κ2) is 13.0. The summed E-state index contributed by atoms with van der Waals surface area (Å²) in [6.07, 6.45) is -2.60. The van der Waals surface area contributed by atoms with Crippen LogP contribution < -0.4 is 20.7 Å². The molecule has 2 fully saturated rings. The van der Waals surface area contributed by atoms with Gasteiger partial charge in [-0.05, 0) is 49.4 Å². The fourth-order valence-corrected chi connectivity index (χ4v) is 4.94. The number of carbonyl (C=O) groups excluding carboxylic acids is 2. The van der Waals surface area contributed by atoms with E-state index in [0.29, 0.717) is 31.1 Å². The smallest absolute Gasteiger partial charge is 0.251 e. The van der Waals surface area contributed by atoms with E-state index in [4.69, 9.17) is 15.2 Å². The number of hydrogen-bond donors (Lipinski definition) is 3. The van der Waals surface area contributed by atoms with Crippen molar-refractivity contribution in [2.24, 2.45) is 5.73 Å². The van der Waals surface area contributed by atoms with Crippen molar-refractivity contribution in [2.75, 3.05) is 43.0 Å². The summed E-state index contributed by atoms with van der Waals surface area (Å²) in [6.45, 7) is 2.82. The van der Waals surface area contributed by atoms with Gasteiger partial charge in [-0.2, -0.15) is 10.2 Å². The highest BCUT2D eigenvalue weighted by molar-refractivity contribution is 5.80. The van der Waals surface area contributed by atoms with E-state index in [1.54, 1.807) is 18.2 Å². The second-order valence-electron chi connectivity index (χ2n) is 10.3. The molecule has 0 radical (unpaired) electrons. The van der Waals surface area contributed by atoms with Crippen molar-refractivity contribution in [3.8, 4) is 23.2 Å². The number of hydrogen-bond acceptors (Lipinski definition) is 11. The summed E-state index contributed by atoms with van der Waals surface area (Å²) in [7, 11) is 0. The van der Waals surface area contributed by atoms with E-state index >= 15 is 0 Å². The van der Waals surface area contributed by atoms with Gasteiger partial charge in [-0.3, -0.25) is 9.59 Å².